The summed E-state index contributed by atoms with van der Waals surface area (Å²) in [5.41, 5.74) is -3.78. The molecule has 188 valence electrons. The number of likely N-dealkylation sites (N-methyl/N-ethyl adjacent to an activating group) is 1. The van der Waals surface area contributed by atoms with Gasteiger partial charge in [-0.1, -0.05) is 6.92 Å². The average Bonchev–Trinajstić information content (AvgIpc) is 3.24. The van der Waals surface area contributed by atoms with Gasteiger partial charge in [-0.2, -0.15) is 0 Å². The van der Waals surface area contributed by atoms with Crippen LogP contribution in [0.1, 0.15) is 32.6 Å². The molecule has 33 heavy (non-hydrogen) atoms. The van der Waals surface area contributed by atoms with Crippen LogP contribution in [0.2, 0.25) is 0 Å². The Morgan fingerprint density at radius 3 is 2.36 bits per heavy atom. The van der Waals surface area contributed by atoms with Crippen molar-refractivity contribution in [3.05, 3.63) is 0 Å². The molecule has 8 nitrogen and oxygen atoms in total. The zero-order valence-electron chi connectivity index (χ0n) is 20.6. The highest BCUT2D eigenvalue weighted by atomic mass is 16.5. The molecule has 0 aromatic carbocycles. The van der Waals surface area contributed by atoms with Crippen LogP contribution in [0.3, 0.4) is 0 Å². The van der Waals surface area contributed by atoms with Gasteiger partial charge in [0.1, 0.15) is 11.2 Å². The summed E-state index contributed by atoms with van der Waals surface area (Å²) < 4.78 is 24.5. The van der Waals surface area contributed by atoms with Crippen LogP contribution in [-0.4, -0.2) is 110 Å². The molecule has 8 heteroatoms. The molecule has 1 aliphatic heterocycles. The summed E-state index contributed by atoms with van der Waals surface area (Å²) in [5, 5.41) is 36.6. The van der Waals surface area contributed by atoms with Gasteiger partial charge in [0, 0.05) is 70.0 Å². The highest BCUT2D eigenvalue weighted by Gasteiger charge is 2.91. The predicted molar refractivity (Wildman–Crippen MR) is 119 cm³/mol. The van der Waals surface area contributed by atoms with Crippen molar-refractivity contribution < 1.29 is 34.3 Å². The number of ether oxygens (including phenoxy) is 4. The molecule has 6 fully saturated rings. The lowest BCUT2D eigenvalue weighted by atomic mass is 9.42. The largest absolute Gasteiger partial charge is 0.396 e. The van der Waals surface area contributed by atoms with E-state index in [1.54, 1.807) is 28.4 Å². The van der Waals surface area contributed by atoms with Gasteiger partial charge in [0.25, 0.3) is 0 Å². The SMILES string of the molecule is CCN1C[C@]2(CO)CC[C@H](OC)[C@@]34[C@@H]5C[C@H]6[C@H](OC)[C@@H]5[C@](O)(C[C@@H]6OC)[C@](O)([C@@H](OC)[C@H]23)[C@@H]14. The molecule has 0 radical (unpaired) electrons. The third-order valence-corrected chi connectivity index (χ3v) is 11.6. The van der Waals surface area contributed by atoms with E-state index < -0.39 is 28.1 Å². The zero-order chi connectivity index (χ0) is 23.6. The summed E-state index contributed by atoms with van der Waals surface area (Å²) >= 11 is 0. The van der Waals surface area contributed by atoms with Crippen molar-refractivity contribution in [2.45, 2.75) is 74.3 Å². The van der Waals surface area contributed by atoms with Crippen molar-refractivity contribution in [2.24, 2.45) is 34.5 Å². The topological polar surface area (TPSA) is 101 Å². The van der Waals surface area contributed by atoms with Gasteiger partial charge in [-0.25, -0.2) is 0 Å². The second-order valence-corrected chi connectivity index (χ2v) is 11.8. The predicted octanol–water partition coefficient (Wildman–Crippen LogP) is 0.271. The monoisotopic (exact) mass is 467 g/mol. The van der Waals surface area contributed by atoms with Crippen molar-refractivity contribution in [2.75, 3.05) is 48.1 Å². The minimum Gasteiger partial charge on any atom is -0.396 e. The van der Waals surface area contributed by atoms with Crippen LogP contribution in [-0.2, 0) is 18.9 Å². The quantitative estimate of drug-likeness (QED) is 0.512. The molecule has 5 aliphatic carbocycles. The average molecular weight is 468 g/mol. The van der Waals surface area contributed by atoms with Crippen LogP contribution < -0.4 is 0 Å². The van der Waals surface area contributed by atoms with Crippen LogP contribution in [0.5, 0.6) is 0 Å². The Kier molecular flexibility index (Phi) is 4.99. The van der Waals surface area contributed by atoms with E-state index in [0.717, 1.165) is 25.8 Å². The Labute approximate surface area is 196 Å². The van der Waals surface area contributed by atoms with Crippen molar-refractivity contribution >= 4 is 0 Å². The van der Waals surface area contributed by atoms with E-state index in [0.29, 0.717) is 13.0 Å². The fourth-order valence-electron chi connectivity index (χ4n) is 11.0. The molecule has 1 heterocycles. The number of likely N-dealkylation sites (tertiary alicyclic amines) is 1. The highest BCUT2D eigenvalue weighted by Crippen LogP contribution is 2.80. The fraction of sp³-hybridized carbons (Fsp3) is 1.00. The van der Waals surface area contributed by atoms with E-state index >= 15 is 0 Å². The molecule has 6 aliphatic rings. The summed E-state index contributed by atoms with van der Waals surface area (Å²) in [6, 6.07) is -0.312. The second kappa shape index (κ2) is 7.13. The van der Waals surface area contributed by atoms with Crippen LogP contribution in [0.15, 0.2) is 0 Å². The number of aliphatic hydroxyl groups excluding tert-OH is 1. The highest BCUT2D eigenvalue weighted by molar-refractivity contribution is 5.41. The van der Waals surface area contributed by atoms with Crippen molar-refractivity contribution in [3.8, 4) is 0 Å². The molecule has 1 saturated heterocycles. The van der Waals surface area contributed by atoms with Gasteiger partial charge in [0.05, 0.1) is 37.1 Å². The number of nitrogens with zero attached hydrogens (tertiary/aromatic N) is 1. The summed E-state index contributed by atoms with van der Waals surface area (Å²) in [4.78, 5) is 2.33. The normalized spacial score (nSPS) is 60.9. The number of fused-ring (bicyclic) bond motifs is 2. The molecule has 5 saturated carbocycles. The Morgan fingerprint density at radius 1 is 1.03 bits per heavy atom. The summed E-state index contributed by atoms with van der Waals surface area (Å²) in [6.07, 6.45) is 1.81. The number of hydrogen-bond acceptors (Lipinski definition) is 8. The molecule has 13 atom stereocenters. The maximum Gasteiger partial charge on any atom is 0.136 e. The van der Waals surface area contributed by atoms with Gasteiger partial charge >= 0.3 is 0 Å². The van der Waals surface area contributed by atoms with Crippen molar-refractivity contribution in [1.82, 2.24) is 4.90 Å². The van der Waals surface area contributed by atoms with E-state index in [4.69, 9.17) is 18.9 Å². The summed E-state index contributed by atoms with van der Waals surface area (Å²) in [6.45, 7) is 3.59. The Morgan fingerprint density at radius 2 is 1.79 bits per heavy atom. The maximum atomic E-state index is 13.0. The third kappa shape index (κ3) is 2.16. The molecule has 0 aromatic rings. The van der Waals surface area contributed by atoms with Gasteiger partial charge in [0.2, 0.25) is 0 Å². The third-order valence-electron chi connectivity index (χ3n) is 11.6. The Hall–Kier alpha value is -0.320. The Bertz CT molecular complexity index is 814. The number of hydrogen-bond donors (Lipinski definition) is 3. The first-order valence-electron chi connectivity index (χ1n) is 12.7. The molecular formula is C25H41NO7. The lowest BCUT2D eigenvalue weighted by Gasteiger charge is -2.70. The molecule has 0 unspecified atom stereocenters. The van der Waals surface area contributed by atoms with Crippen LogP contribution in [0, 0.1) is 34.5 Å². The fourth-order valence-corrected chi connectivity index (χ4v) is 11.0. The first-order chi connectivity index (χ1) is 15.8. The minimum absolute atomic E-state index is 0.0443. The van der Waals surface area contributed by atoms with Crippen molar-refractivity contribution in [1.29, 1.82) is 0 Å². The number of rotatable bonds is 6. The first-order valence-corrected chi connectivity index (χ1v) is 12.7. The summed E-state index contributed by atoms with van der Waals surface area (Å²) in [5.74, 6) is -0.0916. The Balaban J connectivity index is 1.68. The van der Waals surface area contributed by atoms with Crippen LogP contribution in [0.4, 0.5) is 0 Å². The maximum absolute atomic E-state index is 13.0. The lowest BCUT2D eigenvalue weighted by Crippen LogP contribution is -2.82. The number of methoxy groups -OCH3 is 4. The molecule has 6 rings (SSSR count). The van der Waals surface area contributed by atoms with E-state index in [1.807, 2.05) is 0 Å². The molecule has 3 N–H and O–H groups in total. The van der Waals surface area contributed by atoms with Crippen molar-refractivity contribution in [3.63, 3.8) is 0 Å². The first kappa shape index (κ1) is 23.1. The lowest BCUT2D eigenvalue weighted by molar-refractivity contribution is -0.320. The van der Waals surface area contributed by atoms with Gasteiger partial charge in [0.15, 0.2) is 0 Å². The van der Waals surface area contributed by atoms with E-state index in [2.05, 4.69) is 11.8 Å². The zero-order valence-corrected chi connectivity index (χ0v) is 20.6. The standard InChI is InChI=1S/C25H41NO7/c1-6-26-11-22(12-27)8-7-16(31-3)24-14-9-13-15(30-2)10-23(28,17(14)18(13)32-4)25(29,21(24)26)20(33-5)19(22)24/h13-21,27-29H,6-12H2,1-5H3/t13-,14-,15+,16+,17-,18+,19-,20+,21+,22+,23-,24+,25+/m1/s1. The summed E-state index contributed by atoms with van der Waals surface area (Å²) in [7, 11) is 6.85. The second-order valence-electron chi connectivity index (χ2n) is 11.8. The van der Waals surface area contributed by atoms with E-state index in [-0.39, 0.29) is 54.6 Å². The molecule has 0 amide bonds. The number of aliphatic hydroxyl groups is 3. The number of piperidine rings is 1. The van der Waals surface area contributed by atoms with Gasteiger partial charge in [-0.05, 0) is 31.7 Å². The molecule has 1 spiro atoms. The molecular weight excluding hydrogens is 426 g/mol. The smallest absolute Gasteiger partial charge is 0.136 e. The molecule has 7 bridgehead atoms. The van der Waals surface area contributed by atoms with Gasteiger partial charge in [-0.15, -0.1) is 0 Å². The molecule has 0 aromatic heterocycles. The van der Waals surface area contributed by atoms with E-state index in [9.17, 15) is 15.3 Å². The van der Waals surface area contributed by atoms with Gasteiger partial charge in [-0.3, -0.25) is 4.90 Å². The minimum atomic E-state index is -1.52. The van der Waals surface area contributed by atoms with Crippen LogP contribution >= 0.6 is 0 Å². The van der Waals surface area contributed by atoms with E-state index in [1.165, 1.54) is 0 Å². The van der Waals surface area contributed by atoms with Gasteiger partial charge < -0.3 is 34.3 Å². The van der Waals surface area contributed by atoms with Crippen LogP contribution in [0.25, 0.3) is 0 Å².